The largest absolute Gasteiger partial charge is 0.458 e. The highest BCUT2D eigenvalue weighted by atomic mass is 16.5. The predicted octanol–water partition coefficient (Wildman–Crippen LogP) is -0.168. The summed E-state index contributed by atoms with van der Waals surface area (Å²) >= 11 is 0. The molecule has 0 spiro atoms. The number of cyclic esters (lactones) is 1. The molecule has 9 unspecified atom stereocenters. The normalized spacial score (nSPS) is 25.7. The number of nitrogens with zero attached hydrogens (tertiary/aromatic N) is 2. The van der Waals surface area contributed by atoms with Crippen LogP contribution in [0, 0.1) is 11.8 Å². The molecule has 19 nitrogen and oxygen atoms in total. The van der Waals surface area contributed by atoms with Crippen LogP contribution in [-0.2, 0) is 60.7 Å². The Morgan fingerprint density at radius 3 is 1.97 bits per heavy atom. The number of likely N-dealkylation sites (N-methyl/N-ethyl adjacent to an activating group) is 1. The average Bonchev–Trinajstić information content (AvgIpc) is 3.27. The highest BCUT2D eigenvalue weighted by Crippen LogP contribution is 2.25. The van der Waals surface area contributed by atoms with Crippen molar-refractivity contribution >= 4 is 47.3 Å². The molecule has 0 radical (unpaired) electrons. The number of nitrogens with one attached hydrogen (secondary N) is 5. The Kier molecular flexibility index (Phi) is 18.7. The van der Waals surface area contributed by atoms with Crippen molar-refractivity contribution in [2.75, 3.05) is 20.8 Å². The number of allylic oxidation sites excluding steroid dienone is 1. The van der Waals surface area contributed by atoms with E-state index in [1.165, 1.54) is 39.0 Å². The number of carbonyl (C=O) groups excluding carboxylic acids is 8. The van der Waals surface area contributed by atoms with Gasteiger partial charge in [0.15, 0.2) is 6.10 Å². The number of methoxy groups -OCH3 is 1. The van der Waals surface area contributed by atoms with Gasteiger partial charge >= 0.3 is 5.97 Å². The minimum absolute atomic E-state index is 0.0319. The van der Waals surface area contributed by atoms with Gasteiger partial charge in [-0.25, -0.2) is 4.79 Å². The lowest BCUT2D eigenvalue weighted by Crippen LogP contribution is -2.64. The Labute approximate surface area is 379 Å². The van der Waals surface area contributed by atoms with Crippen LogP contribution in [0.15, 0.2) is 72.4 Å². The molecular weight excluding hydrogens is 843 g/mol. The third-order valence-corrected chi connectivity index (χ3v) is 11.5. The molecule has 2 aliphatic heterocycles. The molecule has 2 aliphatic rings. The van der Waals surface area contributed by atoms with Crippen LogP contribution >= 0.6 is 0 Å². The van der Waals surface area contributed by atoms with E-state index >= 15 is 0 Å². The Balaban J connectivity index is 1.84. The molecule has 2 aromatic carbocycles. The summed E-state index contributed by atoms with van der Waals surface area (Å²) in [5.41, 5.74) is 0.939. The quantitative estimate of drug-likeness (QED) is 0.108. The SMILES string of the molecule is C/C=C1\NC(=O)C(NC(=O)C(NC(=O)C(CO)OC)C(C)C)C(C)OC(=O)C(C(C)C)NC(=O)C(Cc2ccccc2)N(C)C(=O)C(Cc2ccccc2)N2C(=O)C(CCC2O)NC1=O. The molecule has 354 valence electrons. The summed E-state index contributed by atoms with van der Waals surface area (Å²) < 4.78 is 10.8. The van der Waals surface area contributed by atoms with Gasteiger partial charge in [-0.1, -0.05) is 94.4 Å². The number of rotatable bonds is 12. The predicted molar refractivity (Wildman–Crippen MR) is 235 cm³/mol. The highest BCUT2D eigenvalue weighted by molar-refractivity contribution is 6.02. The summed E-state index contributed by atoms with van der Waals surface area (Å²) in [6, 6.07) is 9.27. The summed E-state index contributed by atoms with van der Waals surface area (Å²) in [5.74, 6) is -8.13. The van der Waals surface area contributed by atoms with Gasteiger partial charge in [-0.2, -0.15) is 0 Å². The van der Waals surface area contributed by atoms with E-state index < -0.39 is 120 Å². The zero-order valence-electron chi connectivity index (χ0n) is 38.1. The number of esters is 1. The summed E-state index contributed by atoms with van der Waals surface area (Å²) in [6.45, 7) is 8.58. The van der Waals surface area contributed by atoms with Crippen LogP contribution in [0.5, 0.6) is 0 Å². The van der Waals surface area contributed by atoms with Gasteiger partial charge in [-0.3, -0.25) is 33.6 Å². The van der Waals surface area contributed by atoms with E-state index in [1.54, 1.807) is 88.4 Å². The van der Waals surface area contributed by atoms with E-state index in [4.69, 9.17) is 9.47 Å². The van der Waals surface area contributed by atoms with Gasteiger partial charge in [0, 0.05) is 27.0 Å². The lowest BCUT2D eigenvalue weighted by atomic mass is 9.95. The highest BCUT2D eigenvalue weighted by Gasteiger charge is 2.45. The average molecular weight is 906 g/mol. The lowest BCUT2D eigenvalue weighted by Gasteiger charge is -2.43. The number of amides is 7. The van der Waals surface area contributed by atoms with E-state index in [0.717, 1.165) is 4.90 Å². The van der Waals surface area contributed by atoms with E-state index in [-0.39, 0.29) is 31.4 Å². The second kappa shape index (κ2) is 23.7. The topological polar surface area (TPSA) is 262 Å². The number of carbonyl (C=O) groups is 8. The Hall–Kier alpha value is -6.18. The number of ether oxygens (including phenoxy) is 2. The van der Waals surface area contributed by atoms with E-state index in [2.05, 4.69) is 26.6 Å². The first kappa shape index (κ1) is 51.5. The minimum atomic E-state index is -1.73. The van der Waals surface area contributed by atoms with Crippen molar-refractivity contribution < 1.29 is 58.0 Å². The second-order valence-electron chi connectivity index (χ2n) is 16.9. The maximum atomic E-state index is 14.9. The zero-order valence-corrected chi connectivity index (χ0v) is 38.1. The zero-order chi connectivity index (χ0) is 48.1. The van der Waals surface area contributed by atoms with Crippen molar-refractivity contribution in [1.29, 1.82) is 0 Å². The molecule has 2 fully saturated rings. The summed E-state index contributed by atoms with van der Waals surface area (Å²) in [5, 5.41) is 33.9. The molecule has 2 aromatic rings. The van der Waals surface area contributed by atoms with Crippen molar-refractivity contribution in [3.8, 4) is 0 Å². The molecule has 9 atom stereocenters. The number of piperidine rings is 1. The molecule has 19 heteroatoms. The van der Waals surface area contributed by atoms with Crippen LogP contribution in [-0.4, -0.2) is 143 Å². The summed E-state index contributed by atoms with van der Waals surface area (Å²) in [6.07, 6.45) is -3.22. The van der Waals surface area contributed by atoms with Crippen LogP contribution in [0.1, 0.15) is 65.5 Å². The smallest absolute Gasteiger partial charge is 0.329 e. The van der Waals surface area contributed by atoms with Gasteiger partial charge in [0.1, 0.15) is 54.3 Å². The number of hydrogen-bond acceptors (Lipinski definition) is 12. The number of hydrogen-bond donors (Lipinski definition) is 7. The first-order valence-electron chi connectivity index (χ1n) is 21.7. The maximum Gasteiger partial charge on any atom is 0.329 e. The van der Waals surface area contributed by atoms with Crippen molar-refractivity contribution in [3.05, 3.63) is 83.6 Å². The second-order valence-corrected chi connectivity index (χ2v) is 16.9. The molecular formula is C46H63N7O12. The fourth-order valence-corrected chi connectivity index (χ4v) is 7.64. The molecule has 2 saturated heterocycles. The van der Waals surface area contributed by atoms with Gasteiger partial charge in [-0.15, -0.1) is 0 Å². The number of aliphatic hydroxyl groups is 2. The molecule has 7 amide bonds. The van der Waals surface area contributed by atoms with Crippen LogP contribution in [0.3, 0.4) is 0 Å². The molecule has 0 aromatic heterocycles. The molecule has 4 rings (SSSR count). The minimum Gasteiger partial charge on any atom is -0.458 e. The van der Waals surface area contributed by atoms with Gasteiger partial charge in [0.05, 0.1) is 6.61 Å². The monoisotopic (exact) mass is 905 g/mol. The van der Waals surface area contributed by atoms with Crippen LogP contribution in [0.4, 0.5) is 0 Å². The first-order chi connectivity index (χ1) is 30.8. The third kappa shape index (κ3) is 13.2. The molecule has 2 bridgehead atoms. The van der Waals surface area contributed by atoms with E-state index in [0.29, 0.717) is 11.1 Å². The molecule has 0 aliphatic carbocycles. The Morgan fingerprint density at radius 1 is 0.862 bits per heavy atom. The first-order valence-corrected chi connectivity index (χ1v) is 21.7. The molecule has 2 heterocycles. The Bertz CT molecular complexity index is 2050. The van der Waals surface area contributed by atoms with E-state index in [1.807, 2.05) is 0 Å². The van der Waals surface area contributed by atoms with Crippen molar-refractivity contribution in [2.24, 2.45) is 11.8 Å². The van der Waals surface area contributed by atoms with Gasteiger partial charge < -0.3 is 56.1 Å². The van der Waals surface area contributed by atoms with Gasteiger partial charge in [0.25, 0.3) is 17.7 Å². The Morgan fingerprint density at radius 2 is 1.45 bits per heavy atom. The van der Waals surface area contributed by atoms with Crippen LogP contribution in [0.25, 0.3) is 0 Å². The number of aliphatic hydroxyl groups excluding tert-OH is 2. The maximum absolute atomic E-state index is 14.9. The number of fused-ring (bicyclic) bond motifs is 2. The van der Waals surface area contributed by atoms with Crippen molar-refractivity contribution in [2.45, 2.75) is 122 Å². The standard InChI is InChI=1S/C46H63N7O12/c1-9-30-39(56)48-31-20-21-35(55)53(44(31)61)33(23-29-18-14-11-15-19-29)45(62)52(7)32(22-28-16-12-10-13-17-28)40(57)50-37(26(4)5)46(63)65-27(6)38(43(60)47-30)51-42(59)36(25(2)3)49-41(58)34(24-54)64-8/h9-19,25-27,31-38,54-55H,20-24H2,1-8H3,(H,47,60)(H,48,56)(H,49,58)(H,50,57)(H,51,59)/b30-9-. The summed E-state index contributed by atoms with van der Waals surface area (Å²) in [7, 11) is 2.60. The molecule has 7 N–H and O–H groups in total. The van der Waals surface area contributed by atoms with Crippen LogP contribution < -0.4 is 26.6 Å². The third-order valence-electron chi connectivity index (χ3n) is 11.5. The molecule has 65 heavy (non-hydrogen) atoms. The number of benzene rings is 2. The fourth-order valence-electron chi connectivity index (χ4n) is 7.64. The van der Waals surface area contributed by atoms with Crippen LogP contribution in [0.2, 0.25) is 0 Å². The van der Waals surface area contributed by atoms with Crippen molar-refractivity contribution in [3.63, 3.8) is 0 Å². The fraction of sp³-hybridized carbons (Fsp3) is 0.522. The van der Waals surface area contributed by atoms with Crippen molar-refractivity contribution in [1.82, 2.24) is 36.4 Å². The van der Waals surface area contributed by atoms with Gasteiger partial charge in [0.2, 0.25) is 23.6 Å². The van der Waals surface area contributed by atoms with E-state index in [9.17, 15) is 48.6 Å². The summed E-state index contributed by atoms with van der Waals surface area (Å²) in [4.78, 5) is 115. The van der Waals surface area contributed by atoms with Gasteiger partial charge in [-0.05, 0) is 49.7 Å². The lowest BCUT2D eigenvalue weighted by molar-refractivity contribution is -0.165. The molecule has 0 saturated carbocycles.